The third-order valence-electron chi connectivity index (χ3n) is 2.54. The van der Waals surface area contributed by atoms with Crippen molar-refractivity contribution >= 4 is 17.4 Å². The lowest BCUT2D eigenvalue weighted by Crippen LogP contribution is -2.44. The van der Waals surface area contributed by atoms with Gasteiger partial charge in [-0.05, 0) is 6.07 Å². The summed E-state index contributed by atoms with van der Waals surface area (Å²) in [5, 5.41) is 9.75. The zero-order valence-electron chi connectivity index (χ0n) is 7.85. The molecule has 3 N–H and O–H groups in total. The molecule has 1 aromatic carbocycles. The molecule has 1 aliphatic rings. The van der Waals surface area contributed by atoms with Gasteiger partial charge in [0.05, 0.1) is 0 Å². The molecule has 0 fully saturated rings. The van der Waals surface area contributed by atoms with Crippen LogP contribution in [0.5, 0.6) is 0 Å². The number of ketones is 1. The standard InChI is InChI=1S/C11H10ClNO2/c12-8-4-2-1-3-7(8)11(13)6-5-9(14)10(11)15/h1-6,9,14H,13H2/t9-,11+/m0/s1. The van der Waals surface area contributed by atoms with Crippen molar-refractivity contribution in [2.24, 2.45) is 5.73 Å². The maximum atomic E-state index is 11.7. The fourth-order valence-corrected chi connectivity index (χ4v) is 1.97. The van der Waals surface area contributed by atoms with E-state index in [0.29, 0.717) is 10.6 Å². The molecule has 2 rings (SSSR count). The molecule has 1 aliphatic carbocycles. The third-order valence-corrected chi connectivity index (χ3v) is 2.87. The van der Waals surface area contributed by atoms with Crippen molar-refractivity contribution in [1.82, 2.24) is 0 Å². The van der Waals surface area contributed by atoms with Gasteiger partial charge in [-0.3, -0.25) is 4.79 Å². The molecular formula is C11H10ClNO2. The minimum Gasteiger partial charge on any atom is -0.381 e. The molecule has 15 heavy (non-hydrogen) atoms. The number of Topliss-reactive ketones (excluding diaryl/α,β-unsaturated/α-hetero) is 1. The van der Waals surface area contributed by atoms with Gasteiger partial charge in [-0.15, -0.1) is 0 Å². The summed E-state index contributed by atoms with van der Waals surface area (Å²) in [7, 11) is 0. The molecule has 0 saturated heterocycles. The number of aliphatic hydroxyl groups is 1. The van der Waals surface area contributed by atoms with Gasteiger partial charge in [-0.1, -0.05) is 42.0 Å². The van der Waals surface area contributed by atoms with Gasteiger partial charge < -0.3 is 10.8 Å². The number of carbonyl (C=O) groups is 1. The Balaban J connectivity index is 2.52. The van der Waals surface area contributed by atoms with Gasteiger partial charge in [0.1, 0.15) is 11.6 Å². The van der Waals surface area contributed by atoms with Crippen LogP contribution in [0, 0.1) is 0 Å². The van der Waals surface area contributed by atoms with E-state index in [4.69, 9.17) is 17.3 Å². The van der Waals surface area contributed by atoms with Crippen molar-refractivity contribution < 1.29 is 9.90 Å². The first-order chi connectivity index (χ1) is 7.05. The van der Waals surface area contributed by atoms with Crippen LogP contribution in [-0.4, -0.2) is 17.0 Å². The average molecular weight is 224 g/mol. The number of carbonyl (C=O) groups excluding carboxylic acids is 1. The van der Waals surface area contributed by atoms with E-state index >= 15 is 0 Å². The maximum Gasteiger partial charge on any atom is 0.193 e. The summed E-state index contributed by atoms with van der Waals surface area (Å²) in [6.45, 7) is 0. The van der Waals surface area contributed by atoms with Gasteiger partial charge in [-0.2, -0.15) is 0 Å². The molecule has 0 aromatic heterocycles. The largest absolute Gasteiger partial charge is 0.381 e. The molecule has 0 heterocycles. The van der Waals surface area contributed by atoms with Gasteiger partial charge in [0.15, 0.2) is 5.78 Å². The summed E-state index contributed by atoms with van der Waals surface area (Å²) in [6.07, 6.45) is 1.73. The highest BCUT2D eigenvalue weighted by atomic mass is 35.5. The smallest absolute Gasteiger partial charge is 0.193 e. The van der Waals surface area contributed by atoms with Crippen LogP contribution >= 0.6 is 11.6 Å². The molecule has 3 nitrogen and oxygen atoms in total. The Hall–Kier alpha value is -1.16. The molecule has 0 amide bonds. The maximum absolute atomic E-state index is 11.7. The predicted molar refractivity (Wildman–Crippen MR) is 57.5 cm³/mol. The second-order valence-electron chi connectivity index (χ2n) is 3.52. The van der Waals surface area contributed by atoms with Gasteiger partial charge in [0.25, 0.3) is 0 Å². The van der Waals surface area contributed by atoms with Crippen LogP contribution in [0.2, 0.25) is 5.02 Å². The number of nitrogens with two attached hydrogens (primary N) is 1. The van der Waals surface area contributed by atoms with E-state index < -0.39 is 17.4 Å². The number of hydrogen-bond donors (Lipinski definition) is 2. The highest BCUT2D eigenvalue weighted by Gasteiger charge is 2.42. The Bertz CT molecular complexity index is 444. The van der Waals surface area contributed by atoms with Crippen LogP contribution in [0.3, 0.4) is 0 Å². The summed E-state index contributed by atoms with van der Waals surface area (Å²) in [4.78, 5) is 11.7. The lowest BCUT2D eigenvalue weighted by atomic mass is 9.89. The second-order valence-corrected chi connectivity index (χ2v) is 3.92. The molecule has 0 radical (unpaired) electrons. The normalized spacial score (nSPS) is 29.8. The van der Waals surface area contributed by atoms with Gasteiger partial charge in [-0.25, -0.2) is 0 Å². The van der Waals surface area contributed by atoms with E-state index in [-0.39, 0.29) is 0 Å². The lowest BCUT2D eigenvalue weighted by Gasteiger charge is -2.22. The molecule has 78 valence electrons. The SMILES string of the molecule is N[C@@]1(c2ccccc2Cl)C=C[C@H](O)C1=O. The zero-order chi connectivity index (χ0) is 11.1. The fraction of sp³-hybridized carbons (Fsp3) is 0.182. The number of aliphatic hydroxyl groups excluding tert-OH is 1. The van der Waals surface area contributed by atoms with Gasteiger partial charge in [0, 0.05) is 10.6 Å². The summed E-state index contributed by atoms with van der Waals surface area (Å²) >= 11 is 5.96. The van der Waals surface area contributed by atoms with Crippen LogP contribution in [0.25, 0.3) is 0 Å². The highest BCUT2D eigenvalue weighted by Crippen LogP contribution is 2.32. The number of rotatable bonds is 1. The molecule has 0 spiro atoms. The van der Waals surface area contributed by atoms with E-state index in [1.165, 1.54) is 12.2 Å². The first-order valence-electron chi connectivity index (χ1n) is 4.51. The summed E-state index contributed by atoms with van der Waals surface area (Å²) in [5.41, 5.74) is 5.16. The van der Waals surface area contributed by atoms with Crippen molar-refractivity contribution in [2.45, 2.75) is 11.6 Å². The zero-order valence-corrected chi connectivity index (χ0v) is 8.61. The first kappa shape index (κ1) is 10.4. The molecule has 0 aliphatic heterocycles. The van der Waals surface area contributed by atoms with E-state index in [1.807, 2.05) is 0 Å². The lowest BCUT2D eigenvalue weighted by molar-refractivity contribution is -0.127. The van der Waals surface area contributed by atoms with Crippen LogP contribution in [-0.2, 0) is 10.3 Å². The predicted octanol–water partition coefficient (Wildman–Crippen LogP) is 0.994. The van der Waals surface area contributed by atoms with Crippen molar-refractivity contribution in [3.8, 4) is 0 Å². The molecule has 0 unspecified atom stereocenters. The van der Waals surface area contributed by atoms with E-state index in [1.54, 1.807) is 24.3 Å². The topological polar surface area (TPSA) is 63.3 Å². The molecule has 4 heteroatoms. The number of halogens is 1. The molecule has 0 bridgehead atoms. The number of hydrogen-bond acceptors (Lipinski definition) is 3. The van der Waals surface area contributed by atoms with Crippen molar-refractivity contribution in [1.29, 1.82) is 0 Å². The van der Waals surface area contributed by atoms with Crippen molar-refractivity contribution in [3.63, 3.8) is 0 Å². The molecule has 0 saturated carbocycles. The van der Waals surface area contributed by atoms with Crippen molar-refractivity contribution in [3.05, 3.63) is 47.0 Å². The van der Waals surface area contributed by atoms with E-state index in [0.717, 1.165) is 0 Å². The summed E-state index contributed by atoms with van der Waals surface area (Å²) in [6, 6.07) is 6.86. The number of benzene rings is 1. The van der Waals surface area contributed by atoms with Crippen LogP contribution in [0.1, 0.15) is 5.56 Å². The Morgan fingerprint density at radius 2 is 2.07 bits per heavy atom. The Kier molecular flexibility index (Phi) is 2.38. The third kappa shape index (κ3) is 1.49. The van der Waals surface area contributed by atoms with Gasteiger partial charge in [0.2, 0.25) is 0 Å². The monoisotopic (exact) mass is 223 g/mol. The van der Waals surface area contributed by atoms with Gasteiger partial charge >= 0.3 is 0 Å². The quantitative estimate of drug-likeness (QED) is 0.698. The van der Waals surface area contributed by atoms with Crippen LogP contribution in [0.15, 0.2) is 36.4 Å². The Labute approximate surface area is 92.2 Å². The second kappa shape index (κ2) is 3.45. The summed E-state index contributed by atoms with van der Waals surface area (Å²) < 4.78 is 0. The molecular weight excluding hydrogens is 214 g/mol. The molecule has 2 atom stereocenters. The highest BCUT2D eigenvalue weighted by molar-refractivity contribution is 6.32. The average Bonchev–Trinajstić information content (AvgIpc) is 2.48. The first-order valence-corrected chi connectivity index (χ1v) is 4.89. The van der Waals surface area contributed by atoms with Crippen LogP contribution < -0.4 is 5.73 Å². The Morgan fingerprint density at radius 3 is 2.60 bits per heavy atom. The summed E-state index contributed by atoms with van der Waals surface area (Å²) in [5.74, 6) is -0.449. The van der Waals surface area contributed by atoms with E-state index in [9.17, 15) is 9.90 Å². The molecule has 1 aromatic rings. The van der Waals surface area contributed by atoms with Crippen molar-refractivity contribution in [2.75, 3.05) is 0 Å². The minimum absolute atomic E-state index is 0.423. The van der Waals surface area contributed by atoms with Crippen LogP contribution in [0.4, 0.5) is 0 Å². The fourth-order valence-electron chi connectivity index (χ4n) is 1.68. The van der Waals surface area contributed by atoms with E-state index in [2.05, 4.69) is 0 Å². The Morgan fingerprint density at radius 1 is 1.40 bits per heavy atom. The minimum atomic E-state index is -1.29.